The molecule has 3 nitrogen and oxygen atoms in total. The highest BCUT2D eigenvalue weighted by Gasteiger charge is 2.32. The van der Waals surface area contributed by atoms with Crippen LogP contribution in [0, 0.1) is 0 Å². The van der Waals surface area contributed by atoms with Gasteiger partial charge in [0.15, 0.2) is 0 Å². The Morgan fingerprint density at radius 2 is 1.83 bits per heavy atom. The fourth-order valence-electron chi connectivity index (χ4n) is 2.34. The van der Waals surface area contributed by atoms with Crippen LogP contribution < -0.4 is 10.1 Å². The van der Waals surface area contributed by atoms with E-state index in [4.69, 9.17) is 9.47 Å². The smallest absolute Gasteiger partial charge is 0.124 e. The first-order chi connectivity index (χ1) is 8.56. The molecule has 18 heavy (non-hydrogen) atoms. The normalized spacial score (nSPS) is 13.4. The molecule has 0 aromatic heterocycles. The molecular formula is C15H25NO2. The lowest BCUT2D eigenvalue weighted by Gasteiger charge is -2.35. The quantitative estimate of drug-likeness (QED) is 0.807. The summed E-state index contributed by atoms with van der Waals surface area (Å²) in [7, 11) is 1.95. The first-order valence-electron chi connectivity index (χ1n) is 6.59. The lowest BCUT2D eigenvalue weighted by Crippen LogP contribution is -2.40. The molecule has 1 unspecified atom stereocenters. The SMILES string of the molecule is CCOc1ccccc1C(NC)C(C)(C)OCC. The van der Waals surface area contributed by atoms with Crippen LogP contribution in [0.25, 0.3) is 0 Å². The van der Waals surface area contributed by atoms with Crippen LogP contribution in [0.1, 0.15) is 39.3 Å². The lowest BCUT2D eigenvalue weighted by atomic mass is 9.91. The Morgan fingerprint density at radius 1 is 1.17 bits per heavy atom. The standard InChI is InChI=1S/C15H25NO2/c1-6-17-13-11-9-8-10-12(13)14(16-5)15(3,4)18-7-2/h8-11,14,16H,6-7H2,1-5H3. The monoisotopic (exact) mass is 251 g/mol. The summed E-state index contributed by atoms with van der Waals surface area (Å²) < 4.78 is 11.5. The van der Waals surface area contributed by atoms with E-state index in [9.17, 15) is 0 Å². The molecule has 1 rings (SSSR count). The highest BCUT2D eigenvalue weighted by molar-refractivity contribution is 5.37. The first kappa shape index (κ1) is 15.0. The third kappa shape index (κ3) is 3.47. The van der Waals surface area contributed by atoms with Crippen molar-refractivity contribution in [2.24, 2.45) is 0 Å². The number of para-hydroxylation sites is 1. The van der Waals surface area contributed by atoms with Crippen LogP contribution in [0.2, 0.25) is 0 Å². The fraction of sp³-hybridized carbons (Fsp3) is 0.600. The predicted molar refractivity (Wildman–Crippen MR) is 75.1 cm³/mol. The van der Waals surface area contributed by atoms with E-state index in [1.807, 2.05) is 39.1 Å². The molecule has 1 aromatic carbocycles. The van der Waals surface area contributed by atoms with Gasteiger partial charge in [0, 0.05) is 12.2 Å². The maximum Gasteiger partial charge on any atom is 0.124 e. The Bertz CT molecular complexity index is 363. The third-order valence-corrected chi connectivity index (χ3v) is 3.03. The highest BCUT2D eigenvalue weighted by Crippen LogP contribution is 2.34. The van der Waals surface area contributed by atoms with Gasteiger partial charge in [-0.15, -0.1) is 0 Å². The molecule has 0 spiro atoms. The Balaban J connectivity index is 3.08. The zero-order valence-corrected chi connectivity index (χ0v) is 12.1. The molecule has 102 valence electrons. The molecule has 0 amide bonds. The summed E-state index contributed by atoms with van der Waals surface area (Å²) in [6.45, 7) is 9.58. The zero-order valence-electron chi connectivity index (χ0n) is 12.1. The van der Waals surface area contributed by atoms with Crippen LogP contribution in [0.3, 0.4) is 0 Å². The van der Waals surface area contributed by atoms with E-state index in [1.165, 1.54) is 0 Å². The van der Waals surface area contributed by atoms with Crippen molar-refractivity contribution < 1.29 is 9.47 Å². The van der Waals surface area contributed by atoms with Crippen molar-refractivity contribution in [2.45, 2.75) is 39.3 Å². The van der Waals surface area contributed by atoms with E-state index in [0.717, 1.165) is 11.3 Å². The second kappa shape index (κ2) is 6.76. The number of rotatable bonds is 7. The van der Waals surface area contributed by atoms with Gasteiger partial charge in [0.05, 0.1) is 18.2 Å². The van der Waals surface area contributed by atoms with Crippen LogP contribution in [0.15, 0.2) is 24.3 Å². The van der Waals surface area contributed by atoms with Gasteiger partial charge in [0.1, 0.15) is 5.75 Å². The van der Waals surface area contributed by atoms with Crippen molar-refractivity contribution in [3.8, 4) is 5.75 Å². The first-order valence-corrected chi connectivity index (χ1v) is 6.59. The van der Waals surface area contributed by atoms with E-state index >= 15 is 0 Å². The fourth-order valence-corrected chi connectivity index (χ4v) is 2.34. The maximum atomic E-state index is 5.85. The summed E-state index contributed by atoms with van der Waals surface area (Å²) in [5.74, 6) is 0.923. The summed E-state index contributed by atoms with van der Waals surface area (Å²) in [6, 6.07) is 8.22. The summed E-state index contributed by atoms with van der Waals surface area (Å²) in [5.41, 5.74) is 0.858. The van der Waals surface area contributed by atoms with Gasteiger partial charge in [-0.3, -0.25) is 0 Å². The molecule has 0 aliphatic heterocycles. The number of nitrogens with one attached hydrogen (secondary N) is 1. The predicted octanol–water partition coefficient (Wildman–Crippen LogP) is 3.16. The molecule has 1 N–H and O–H groups in total. The van der Waals surface area contributed by atoms with Gasteiger partial charge in [-0.25, -0.2) is 0 Å². The van der Waals surface area contributed by atoms with Gasteiger partial charge in [-0.1, -0.05) is 18.2 Å². The van der Waals surface area contributed by atoms with Crippen LogP contribution in [-0.4, -0.2) is 25.9 Å². The van der Waals surface area contributed by atoms with E-state index < -0.39 is 0 Å². The molecule has 0 aliphatic rings. The van der Waals surface area contributed by atoms with Crippen LogP contribution in [0.5, 0.6) is 5.75 Å². The minimum atomic E-state index is -0.281. The summed E-state index contributed by atoms with van der Waals surface area (Å²) >= 11 is 0. The van der Waals surface area contributed by atoms with Crippen molar-refractivity contribution in [3.63, 3.8) is 0 Å². The second-order valence-corrected chi connectivity index (χ2v) is 4.73. The number of benzene rings is 1. The Labute approximate surface area is 110 Å². The minimum absolute atomic E-state index is 0.0974. The minimum Gasteiger partial charge on any atom is -0.494 e. The second-order valence-electron chi connectivity index (χ2n) is 4.73. The van der Waals surface area contributed by atoms with Crippen molar-refractivity contribution in [1.29, 1.82) is 0 Å². The van der Waals surface area contributed by atoms with Crippen LogP contribution >= 0.6 is 0 Å². The summed E-state index contributed by atoms with van der Waals surface area (Å²) in [4.78, 5) is 0. The van der Waals surface area contributed by atoms with Crippen molar-refractivity contribution in [1.82, 2.24) is 5.32 Å². The van der Waals surface area contributed by atoms with Gasteiger partial charge in [0.25, 0.3) is 0 Å². The topological polar surface area (TPSA) is 30.5 Å². The largest absolute Gasteiger partial charge is 0.494 e. The van der Waals surface area contributed by atoms with Crippen molar-refractivity contribution in [3.05, 3.63) is 29.8 Å². The third-order valence-electron chi connectivity index (χ3n) is 3.03. The van der Waals surface area contributed by atoms with Crippen LogP contribution in [0.4, 0.5) is 0 Å². The average Bonchev–Trinajstić information content (AvgIpc) is 2.32. The molecule has 1 atom stereocenters. The molecule has 0 heterocycles. The maximum absolute atomic E-state index is 5.85. The molecule has 0 saturated heterocycles. The van der Waals surface area contributed by atoms with Gasteiger partial charge >= 0.3 is 0 Å². The molecular weight excluding hydrogens is 226 g/mol. The molecule has 0 radical (unpaired) electrons. The Morgan fingerprint density at radius 3 is 2.39 bits per heavy atom. The van der Waals surface area contributed by atoms with Crippen molar-refractivity contribution >= 4 is 0 Å². The molecule has 0 saturated carbocycles. The average molecular weight is 251 g/mol. The number of ether oxygens (including phenoxy) is 2. The molecule has 0 aliphatic carbocycles. The molecule has 0 fully saturated rings. The van der Waals surface area contributed by atoms with Gasteiger partial charge in [-0.2, -0.15) is 0 Å². The van der Waals surface area contributed by atoms with E-state index in [2.05, 4.69) is 25.2 Å². The van der Waals surface area contributed by atoms with Crippen LogP contribution in [-0.2, 0) is 4.74 Å². The number of hydrogen-bond donors (Lipinski definition) is 1. The van der Waals surface area contributed by atoms with Gasteiger partial charge in [-0.05, 0) is 40.8 Å². The van der Waals surface area contributed by atoms with E-state index in [-0.39, 0.29) is 11.6 Å². The van der Waals surface area contributed by atoms with Gasteiger partial charge < -0.3 is 14.8 Å². The van der Waals surface area contributed by atoms with Crippen molar-refractivity contribution in [2.75, 3.05) is 20.3 Å². The zero-order chi connectivity index (χ0) is 13.6. The van der Waals surface area contributed by atoms with E-state index in [1.54, 1.807) is 0 Å². The lowest BCUT2D eigenvalue weighted by molar-refractivity contribution is -0.0380. The number of likely N-dealkylation sites (N-methyl/N-ethyl adjacent to an activating group) is 1. The molecule has 1 aromatic rings. The Hall–Kier alpha value is -1.06. The molecule has 3 heteroatoms. The number of hydrogen-bond acceptors (Lipinski definition) is 3. The van der Waals surface area contributed by atoms with Gasteiger partial charge in [0.2, 0.25) is 0 Å². The highest BCUT2D eigenvalue weighted by atomic mass is 16.5. The summed E-state index contributed by atoms with van der Waals surface area (Å²) in [5, 5.41) is 3.34. The van der Waals surface area contributed by atoms with E-state index in [0.29, 0.717) is 13.2 Å². The summed E-state index contributed by atoms with van der Waals surface area (Å²) in [6.07, 6.45) is 0. The Kier molecular flexibility index (Phi) is 5.63. The molecule has 0 bridgehead atoms.